The maximum absolute atomic E-state index is 12.7. The van der Waals surface area contributed by atoms with Gasteiger partial charge in [-0.2, -0.15) is 4.31 Å². The lowest BCUT2D eigenvalue weighted by molar-refractivity contribution is 0.408. The summed E-state index contributed by atoms with van der Waals surface area (Å²) in [6, 6.07) is 1.80. The van der Waals surface area contributed by atoms with Gasteiger partial charge in [-0.25, -0.2) is 8.42 Å². The lowest BCUT2D eigenvalue weighted by Gasteiger charge is -2.19. The van der Waals surface area contributed by atoms with Crippen LogP contribution in [0.1, 0.15) is 38.2 Å². The normalized spacial score (nSPS) is 21.8. The van der Waals surface area contributed by atoms with Crippen molar-refractivity contribution >= 4 is 21.4 Å². The number of nitrogens with zero attached hydrogens (tertiary/aromatic N) is 1. The minimum Gasteiger partial charge on any atom is -0.316 e. The van der Waals surface area contributed by atoms with Gasteiger partial charge in [0.2, 0.25) is 0 Å². The Bertz CT molecular complexity index is 525. The van der Waals surface area contributed by atoms with E-state index in [0.717, 1.165) is 31.2 Å². The average molecular weight is 316 g/mol. The van der Waals surface area contributed by atoms with Crippen molar-refractivity contribution in [3.63, 3.8) is 0 Å². The first kappa shape index (κ1) is 15.9. The molecule has 0 bridgehead atoms. The number of thiophene rings is 1. The summed E-state index contributed by atoms with van der Waals surface area (Å²) >= 11 is 1.33. The molecule has 1 fully saturated rings. The minimum absolute atomic E-state index is 0.484. The molecule has 0 aliphatic carbocycles. The Morgan fingerprint density at radius 1 is 1.40 bits per heavy atom. The van der Waals surface area contributed by atoms with Gasteiger partial charge in [0.05, 0.1) is 0 Å². The Labute approximate surface area is 126 Å². The molecule has 0 amide bonds. The van der Waals surface area contributed by atoms with Crippen LogP contribution >= 0.6 is 11.3 Å². The topological polar surface area (TPSA) is 49.4 Å². The highest BCUT2D eigenvalue weighted by molar-refractivity contribution is 7.91. The molecule has 1 saturated heterocycles. The van der Waals surface area contributed by atoms with Crippen LogP contribution in [0.25, 0.3) is 0 Å². The highest BCUT2D eigenvalue weighted by atomic mass is 32.2. The van der Waals surface area contributed by atoms with E-state index in [1.165, 1.54) is 11.3 Å². The molecule has 4 nitrogen and oxygen atoms in total. The fourth-order valence-electron chi connectivity index (χ4n) is 2.70. The molecule has 0 spiro atoms. The largest absolute Gasteiger partial charge is 0.316 e. The molecule has 1 aromatic heterocycles. The maximum Gasteiger partial charge on any atom is 0.252 e. The van der Waals surface area contributed by atoms with E-state index < -0.39 is 10.0 Å². The van der Waals surface area contributed by atoms with Crippen LogP contribution in [-0.2, 0) is 16.6 Å². The third-order valence-corrected chi connectivity index (χ3v) is 7.35. The molecule has 0 saturated carbocycles. The van der Waals surface area contributed by atoms with Crippen molar-refractivity contribution in [3.8, 4) is 0 Å². The molecule has 1 aromatic rings. The number of hydrogen-bond donors (Lipinski definition) is 1. The fraction of sp³-hybridized carbons (Fsp3) is 0.714. The van der Waals surface area contributed by atoms with Crippen LogP contribution in [-0.4, -0.2) is 32.9 Å². The molecule has 1 unspecified atom stereocenters. The molecule has 1 N–H and O–H groups in total. The minimum atomic E-state index is -3.29. The zero-order valence-corrected chi connectivity index (χ0v) is 13.9. The van der Waals surface area contributed by atoms with Gasteiger partial charge in [-0.3, -0.25) is 0 Å². The van der Waals surface area contributed by atoms with Crippen molar-refractivity contribution in [2.75, 3.05) is 20.1 Å². The number of nitrogens with one attached hydrogen (secondary N) is 1. The number of sulfonamides is 1. The zero-order valence-electron chi connectivity index (χ0n) is 12.3. The van der Waals surface area contributed by atoms with E-state index in [1.54, 1.807) is 10.4 Å². The molecule has 2 heterocycles. The predicted molar refractivity (Wildman–Crippen MR) is 83.5 cm³/mol. The Morgan fingerprint density at radius 2 is 2.20 bits per heavy atom. The summed E-state index contributed by atoms with van der Waals surface area (Å²) in [4.78, 5) is 0. The van der Waals surface area contributed by atoms with Gasteiger partial charge < -0.3 is 5.32 Å². The number of hydrogen-bond acceptors (Lipinski definition) is 4. The molecule has 0 radical (unpaired) electrons. The van der Waals surface area contributed by atoms with Gasteiger partial charge in [0.15, 0.2) is 0 Å². The van der Waals surface area contributed by atoms with Crippen LogP contribution in [0, 0.1) is 5.92 Å². The summed E-state index contributed by atoms with van der Waals surface area (Å²) in [7, 11) is -1.42. The molecule has 20 heavy (non-hydrogen) atoms. The summed E-state index contributed by atoms with van der Waals surface area (Å²) in [5.41, 5.74) is 1.04. The predicted octanol–water partition coefficient (Wildman–Crippen LogP) is 2.67. The quantitative estimate of drug-likeness (QED) is 0.908. The zero-order chi connectivity index (χ0) is 14.6. The van der Waals surface area contributed by atoms with Crippen molar-refractivity contribution in [2.24, 2.45) is 5.92 Å². The van der Waals surface area contributed by atoms with Crippen molar-refractivity contribution in [2.45, 2.75) is 43.4 Å². The highest BCUT2D eigenvalue weighted by Crippen LogP contribution is 2.28. The first-order valence-electron chi connectivity index (χ1n) is 7.30. The molecule has 1 aliphatic rings. The SMILES string of the molecule is CCC1CCCN(S(=O)(=O)c2cc(CNC)cs2)CC1. The number of rotatable bonds is 5. The van der Waals surface area contributed by atoms with Gasteiger partial charge in [0.25, 0.3) is 10.0 Å². The summed E-state index contributed by atoms with van der Waals surface area (Å²) < 4.78 is 27.5. The molecular formula is C14H24N2O2S2. The van der Waals surface area contributed by atoms with Gasteiger partial charge >= 0.3 is 0 Å². The van der Waals surface area contributed by atoms with Gasteiger partial charge in [-0.1, -0.05) is 13.3 Å². The van der Waals surface area contributed by atoms with Crippen molar-refractivity contribution in [1.82, 2.24) is 9.62 Å². The van der Waals surface area contributed by atoms with Crippen molar-refractivity contribution in [3.05, 3.63) is 17.0 Å². The second-order valence-electron chi connectivity index (χ2n) is 5.41. The van der Waals surface area contributed by atoms with E-state index in [1.807, 2.05) is 12.4 Å². The Hall–Kier alpha value is -0.430. The third-order valence-electron chi connectivity index (χ3n) is 3.99. The van der Waals surface area contributed by atoms with E-state index in [9.17, 15) is 8.42 Å². The van der Waals surface area contributed by atoms with Crippen LogP contribution in [0.3, 0.4) is 0 Å². The van der Waals surface area contributed by atoms with E-state index >= 15 is 0 Å². The standard InChI is InChI=1S/C14H24N2O2S2/c1-3-12-5-4-7-16(8-6-12)20(17,18)14-9-13(10-15-2)11-19-14/h9,11-12,15H,3-8,10H2,1-2H3. The highest BCUT2D eigenvalue weighted by Gasteiger charge is 2.28. The van der Waals surface area contributed by atoms with E-state index in [4.69, 9.17) is 0 Å². The smallest absolute Gasteiger partial charge is 0.252 e. The summed E-state index contributed by atoms with van der Waals surface area (Å²) in [6.07, 6.45) is 4.27. The summed E-state index contributed by atoms with van der Waals surface area (Å²) in [5, 5.41) is 4.98. The second-order valence-corrected chi connectivity index (χ2v) is 8.49. The van der Waals surface area contributed by atoms with Gasteiger partial charge in [0, 0.05) is 19.6 Å². The lowest BCUT2D eigenvalue weighted by atomic mass is 9.98. The van der Waals surface area contributed by atoms with Crippen LogP contribution in [0.2, 0.25) is 0 Å². The molecule has 6 heteroatoms. The van der Waals surface area contributed by atoms with Crippen molar-refractivity contribution < 1.29 is 8.42 Å². The average Bonchev–Trinajstić information content (AvgIpc) is 2.76. The second kappa shape index (κ2) is 7.02. The molecule has 0 aromatic carbocycles. The Kier molecular flexibility index (Phi) is 5.60. The van der Waals surface area contributed by atoms with E-state index in [0.29, 0.717) is 29.8 Å². The Morgan fingerprint density at radius 3 is 2.90 bits per heavy atom. The monoisotopic (exact) mass is 316 g/mol. The van der Waals surface area contributed by atoms with Crippen LogP contribution < -0.4 is 5.32 Å². The van der Waals surface area contributed by atoms with Gasteiger partial charge in [0.1, 0.15) is 4.21 Å². The maximum atomic E-state index is 12.7. The first-order chi connectivity index (χ1) is 9.57. The lowest BCUT2D eigenvalue weighted by Crippen LogP contribution is -2.31. The van der Waals surface area contributed by atoms with Gasteiger partial charge in [-0.05, 0) is 49.2 Å². The van der Waals surface area contributed by atoms with Crippen LogP contribution in [0.4, 0.5) is 0 Å². The molecule has 2 rings (SSSR count). The third kappa shape index (κ3) is 3.61. The fourth-order valence-corrected chi connectivity index (χ4v) is 5.56. The summed E-state index contributed by atoms with van der Waals surface area (Å²) in [5.74, 6) is 0.679. The van der Waals surface area contributed by atoms with Crippen LogP contribution in [0.15, 0.2) is 15.7 Å². The van der Waals surface area contributed by atoms with Crippen LogP contribution in [0.5, 0.6) is 0 Å². The van der Waals surface area contributed by atoms with Crippen molar-refractivity contribution in [1.29, 1.82) is 0 Å². The summed E-state index contributed by atoms with van der Waals surface area (Å²) in [6.45, 7) is 4.24. The molecule has 114 valence electrons. The Balaban J connectivity index is 2.12. The molecule has 1 aliphatic heterocycles. The first-order valence-corrected chi connectivity index (χ1v) is 9.62. The van der Waals surface area contributed by atoms with Gasteiger partial charge in [-0.15, -0.1) is 11.3 Å². The van der Waals surface area contributed by atoms with E-state index in [-0.39, 0.29) is 0 Å². The van der Waals surface area contributed by atoms with E-state index in [2.05, 4.69) is 12.2 Å². The molecule has 1 atom stereocenters. The molecular weight excluding hydrogens is 292 g/mol.